The van der Waals surface area contributed by atoms with E-state index >= 15 is 0 Å². The summed E-state index contributed by atoms with van der Waals surface area (Å²) in [5, 5.41) is 0. The Morgan fingerprint density at radius 3 is 2.32 bits per heavy atom. The van der Waals surface area contributed by atoms with Crippen molar-refractivity contribution in [1.82, 2.24) is 14.9 Å². The lowest BCUT2D eigenvalue weighted by Crippen LogP contribution is -2.56. The van der Waals surface area contributed by atoms with Crippen LogP contribution in [0.15, 0.2) is 53.4 Å². The summed E-state index contributed by atoms with van der Waals surface area (Å²) in [7, 11) is -4.25. The number of anilines is 1. The van der Waals surface area contributed by atoms with Crippen LogP contribution < -0.4 is 9.46 Å². The number of rotatable bonds is 4. The summed E-state index contributed by atoms with van der Waals surface area (Å²) in [6, 6.07) is 11.5. The van der Waals surface area contributed by atoms with Gasteiger partial charge >= 0.3 is 6.18 Å². The number of amides is 1. The first-order chi connectivity index (χ1) is 20.6. The zero-order valence-corrected chi connectivity index (χ0v) is 25.8. The Labute approximate surface area is 255 Å². The fourth-order valence-electron chi connectivity index (χ4n) is 6.49. The van der Waals surface area contributed by atoms with E-state index in [9.17, 15) is 26.4 Å². The number of alkyl halides is 3. The number of carbonyl (C=O) groups is 1. The van der Waals surface area contributed by atoms with E-state index in [0.717, 1.165) is 43.4 Å². The predicted octanol–water partition coefficient (Wildman–Crippen LogP) is 6.69. The molecule has 0 radical (unpaired) electrons. The van der Waals surface area contributed by atoms with E-state index in [-0.39, 0.29) is 40.4 Å². The third kappa shape index (κ3) is 5.64. The topological polar surface area (TPSA) is 101 Å². The summed E-state index contributed by atoms with van der Waals surface area (Å²) in [4.78, 5) is 24.3. The van der Waals surface area contributed by atoms with Crippen LogP contribution in [-0.4, -0.2) is 54.1 Å². The van der Waals surface area contributed by atoms with E-state index in [4.69, 9.17) is 4.74 Å². The van der Waals surface area contributed by atoms with Crippen LogP contribution >= 0.6 is 0 Å². The molecule has 1 amide bonds. The van der Waals surface area contributed by atoms with Gasteiger partial charge in [0, 0.05) is 23.2 Å². The molecule has 1 aliphatic heterocycles. The minimum atomic E-state index is -4.53. The fourth-order valence-corrected chi connectivity index (χ4v) is 7.48. The number of fused-ring (bicyclic) bond motifs is 4. The van der Waals surface area contributed by atoms with Gasteiger partial charge in [-0.2, -0.15) is 18.2 Å². The van der Waals surface area contributed by atoms with Gasteiger partial charge in [-0.3, -0.25) is 4.79 Å². The molecule has 0 unspecified atom stereocenters. The van der Waals surface area contributed by atoms with Crippen LogP contribution in [0.2, 0.25) is 0 Å². The maximum atomic E-state index is 14.3. The van der Waals surface area contributed by atoms with Crippen molar-refractivity contribution in [2.75, 3.05) is 11.3 Å². The summed E-state index contributed by atoms with van der Waals surface area (Å²) in [6.45, 7) is 5.77. The second kappa shape index (κ2) is 10.5. The lowest BCUT2D eigenvalue weighted by Gasteiger charge is -2.48. The van der Waals surface area contributed by atoms with Crippen LogP contribution in [0, 0.1) is 24.7 Å². The van der Waals surface area contributed by atoms with Crippen LogP contribution in [0.3, 0.4) is 0 Å². The van der Waals surface area contributed by atoms with Gasteiger partial charge in [-0.05, 0) is 80.7 Å². The molecule has 2 heterocycles. The van der Waals surface area contributed by atoms with Gasteiger partial charge in [0.1, 0.15) is 6.61 Å². The molecule has 12 heteroatoms. The highest BCUT2D eigenvalue weighted by Gasteiger charge is 2.57. The summed E-state index contributed by atoms with van der Waals surface area (Å²) >= 11 is 0. The highest BCUT2D eigenvalue weighted by molar-refractivity contribution is 7.92. The largest absolute Gasteiger partial charge is 0.475 e. The fraction of sp³-hybridized carbons (Fsp3) is 0.469. The second-order valence-electron chi connectivity index (χ2n) is 13.1. The maximum absolute atomic E-state index is 14.3. The zero-order chi connectivity index (χ0) is 31.7. The van der Waals surface area contributed by atoms with Crippen molar-refractivity contribution in [2.45, 2.75) is 83.0 Å². The molecule has 2 aromatic carbocycles. The minimum Gasteiger partial charge on any atom is -0.475 e. The Kier molecular flexibility index (Phi) is 7.22. The Balaban J connectivity index is 1.50. The van der Waals surface area contributed by atoms with Crippen LogP contribution in [-0.2, 0) is 10.0 Å². The standard InChI is InChI=1S/C32H35F3N4O4S/c1-19-7-5-8-20(2)27(19)25-14-26-37-29(36-25)38-44(41,42)24-10-6-9-21(13-24)28(40)39(22-16-31(17-22)11-12-31)23(18-43-26)15-30(3,4)32(33,34)35/h5-10,13-14,22-23H,11-12,15-18H2,1-4H3,(H,36,37,38)/t23-/m0/s1. The number of carbonyl (C=O) groups excluding carboxylic acids is 1. The number of ether oxygens (including phenoxy) is 1. The summed E-state index contributed by atoms with van der Waals surface area (Å²) in [5.74, 6) is -0.798. The molecule has 1 atom stereocenters. The molecule has 3 aliphatic rings. The van der Waals surface area contributed by atoms with Gasteiger partial charge < -0.3 is 9.64 Å². The maximum Gasteiger partial charge on any atom is 0.394 e. The SMILES string of the molecule is Cc1cccc(C)c1-c1cc2nc(n1)NS(=O)(=O)c1cccc(c1)C(=O)N(C1CC3(CC3)C1)[C@@H](CC(C)(C)C(F)(F)F)CO2. The van der Waals surface area contributed by atoms with Crippen LogP contribution in [0.4, 0.5) is 19.1 Å². The van der Waals surface area contributed by atoms with Crippen molar-refractivity contribution in [3.8, 4) is 17.1 Å². The van der Waals surface area contributed by atoms with Gasteiger partial charge in [0.2, 0.25) is 11.8 Å². The average molecular weight is 629 g/mol. The van der Waals surface area contributed by atoms with Crippen molar-refractivity contribution in [1.29, 1.82) is 0 Å². The molecule has 4 bridgehead atoms. The van der Waals surface area contributed by atoms with Crippen LogP contribution in [0.25, 0.3) is 11.3 Å². The van der Waals surface area contributed by atoms with Crippen molar-refractivity contribution < 1.29 is 31.1 Å². The molecule has 1 aromatic heterocycles. The van der Waals surface area contributed by atoms with Crippen LogP contribution in [0.1, 0.15) is 67.4 Å². The molecular formula is C32H35F3N4O4S. The highest BCUT2D eigenvalue weighted by Crippen LogP contribution is 2.62. The van der Waals surface area contributed by atoms with Crippen molar-refractivity contribution in [2.24, 2.45) is 10.8 Å². The molecular weight excluding hydrogens is 593 g/mol. The number of hydrogen-bond acceptors (Lipinski definition) is 6. The number of aryl methyl sites for hydroxylation is 2. The summed E-state index contributed by atoms with van der Waals surface area (Å²) < 4.78 is 78.3. The molecule has 1 N–H and O–H groups in total. The van der Waals surface area contributed by atoms with Crippen molar-refractivity contribution in [3.05, 3.63) is 65.2 Å². The van der Waals surface area contributed by atoms with Gasteiger partial charge in [-0.15, -0.1) is 0 Å². The van der Waals surface area contributed by atoms with E-state index in [0.29, 0.717) is 18.5 Å². The minimum absolute atomic E-state index is 0.0178. The molecule has 2 aliphatic carbocycles. The second-order valence-corrected chi connectivity index (χ2v) is 14.8. The smallest absolute Gasteiger partial charge is 0.394 e. The van der Waals surface area contributed by atoms with E-state index < -0.39 is 40.0 Å². The van der Waals surface area contributed by atoms with Crippen molar-refractivity contribution in [3.63, 3.8) is 0 Å². The number of nitrogens with zero attached hydrogens (tertiary/aromatic N) is 3. The molecule has 44 heavy (non-hydrogen) atoms. The van der Waals surface area contributed by atoms with Gasteiger partial charge in [0.25, 0.3) is 15.9 Å². The Bertz CT molecular complexity index is 1710. The number of nitrogens with one attached hydrogen (secondary N) is 1. The molecule has 0 saturated heterocycles. The third-order valence-electron chi connectivity index (χ3n) is 9.31. The van der Waals surface area contributed by atoms with Gasteiger partial charge in [0.15, 0.2) is 0 Å². The van der Waals surface area contributed by atoms with E-state index in [2.05, 4.69) is 14.7 Å². The Morgan fingerprint density at radius 2 is 1.68 bits per heavy atom. The molecule has 8 nitrogen and oxygen atoms in total. The lowest BCUT2D eigenvalue weighted by atomic mass is 9.74. The third-order valence-corrected chi connectivity index (χ3v) is 10.6. The van der Waals surface area contributed by atoms with Gasteiger partial charge in [-0.1, -0.05) is 38.1 Å². The number of benzene rings is 2. The Hall–Kier alpha value is -3.67. The molecule has 1 spiro atoms. The normalized spacial score (nSPS) is 21.3. The molecule has 2 saturated carbocycles. The first-order valence-electron chi connectivity index (χ1n) is 14.7. The molecule has 3 aromatic rings. The lowest BCUT2D eigenvalue weighted by molar-refractivity contribution is -0.218. The van der Waals surface area contributed by atoms with Crippen molar-refractivity contribution >= 4 is 21.9 Å². The van der Waals surface area contributed by atoms with E-state index in [1.165, 1.54) is 29.2 Å². The number of sulfonamides is 1. The van der Waals surface area contributed by atoms with Crippen LogP contribution in [0.5, 0.6) is 5.88 Å². The molecule has 234 valence electrons. The van der Waals surface area contributed by atoms with E-state index in [1.807, 2.05) is 32.0 Å². The molecule has 2 fully saturated rings. The molecule has 6 rings (SSSR count). The number of halogens is 3. The Morgan fingerprint density at radius 1 is 1.02 bits per heavy atom. The first-order valence-corrected chi connectivity index (χ1v) is 16.2. The summed E-state index contributed by atoms with van der Waals surface area (Å²) in [5.41, 5.74) is 0.992. The number of hydrogen-bond donors (Lipinski definition) is 1. The van der Waals surface area contributed by atoms with Gasteiger partial charge in [-0.25, -0.2) is 18.1 Å². The predicted molar refractivity (Wildman–Crippen MR) is 159 cm³/mol. The van der Waals surface area contributed by atoms with E-state index in [1.54, 1.807) is 6.07 Å². The number of aromatic nitrogens is 2. The summed E-state index contributed by atoms with van der Waals surface area (Å²) in [6.07, 6.45) is -1.50. The highest BCUT2D eigenvalue weighted by atomic mass is 32.2. The monoisotopic (exact) mass is 628 g/mol. The quantitative estimate of drug-likeness (QED) is 0.346. The van der Waals surface area contributed by atoms with Gasteiger partial charge in [0.05, 0.1) is 22.0 Å². The average Bonchev–Trinajstić information content (AvgIpc) is 3.71. The first kappa shape index (κ1) is 30.4. The zero-order valence-electron chi connectivity index (χ0n) is 25.0.